The Hall–Kier alpha value is -1.64. The Labute approximate surface area is 134 Å². The molecule has 0 aliphatic carbocycles. The molecule has 0 atom stereocenters. The largest absolute Gasteiger partial charge is 0.478 e. The van der Waals surface area contributed by atoms with Crippen LogP contribution in [-0.2, 0) is 10.0 Å². The fourth-order valence-corrected chi connectivity index (χ4v) is 3.74. The molecule has 9 heteroatoms. The van der Waals surface area contributed by atoms with Crippen LogP contribution in [0.1, 0.15) is 10.4 Å². The molecule has 2 rings (SSSR count). The van der Waals surface area contributed by atoms with E-state index in [1.807, 2.05) is 0 Å². The van der Waals surface area contributed by atoms with Crippen molar-refractivity contribution in [3.63, 3.8) is 0 Å². The lowest BCUT2D eigenvalue weighted by molar-refractivity contribution is 0.0696. The van der Waals surface area contributed by atoms with Crippen LogP contribution in [0.15, 0.2) is 45.9 Å². The zero-order chi connectivity index (χ0) is 15.6. The second-order valence-electron chi connectivity index (χ2n) is 3.92. The highest BCUT2D eigenvalue weighted by atomic mass is 79.9. The predicted octanol–water partition coefficient (Wildman–Crippen LogP) is 3.00. The molecule has 1 aromatic carbocycles. The normalized spacial score (nSPS) is 11.1. The Morgan fingerprint density at radius 3 is 2.57 bits per heavy atom. The first-order valence-corrected chi connectivity index (χ1v) is 8.12. The molecule has 1 heterocycles. The number of nitrogens with zero attached hydrogens (tertiary/aromatic N) is 1. The summed E-state index contributed by atoms with van der Waals surface area (Å²) in [5, 5.41) is 9.19. The van der Waals surface area contributed by atoms with Gasteiger partial charge in [-0.1, -0.05) is 11.6 Å². The molecule has 0 aliphatic heterocycles. The van der Waals surface area contributed by atoms with Crippen LogP contribution >= 0.6 is 27.5 Å². The van der Waals surface area contributed by atoms with Gasteiger partial charge in [0, 0.05) is 21.8 Å². The number of sulfonamides is 1. The van der Waals surface area contributed by atoms with Gasteiger partial charge in [0.2, 0.25) is 0 Å². The van der Waals surface area contributed by atoms with E-state index in [1.165, 1.54) is 36.5 Å². The van der Waals surface area contributed by atoms with E-state index in [4.69, 9.17) is 16.7 Å². The molecule has 0 aliphatic rings. The number of aromatic carboxylic acids is 1. The molecule has 0 bridgehead atoms. The van der Waals surface area contributed by atoms with Crippen LogP contribution < -0.4 is 4.72 Å². The molecule has 21 heavy (non-hydrogen) atoms. The summed E-state index contributed by atoms with van der Waals surface area (Å²) in [5.74, 6) is -1.08. The van der Waals surface area contributed by atoms with Crippen LogP contribution in [0.25, 0.3) is 0 Å². The quantitative estimate of drug-likeness (QED) is 0.835. The number of anilines is 1. The molecule has 0 amide bonds. The molecule has 2 aromatic rings. The summed E-state index contributed by atoms with van der Waals surface area (Å²) in [6.07, 6.45) is 1.36. The number of carboxylic acids is 1. The Bertz CT molecular complexity index is 811. The molecule has 6 nitrogen and oxygen atoms in total. The average Bonchev–Trinajstić information content (AvgIpc) is 2.37. The maximum Gasteiger partial charge on any atom is 0.335 e. The van der Waals surface area contributed by atoms with Crippen molar-refractivity contribution in [2.24, 2.45) is 0 Å². The lowest BCUT2D eigenvalue weighted by Crippen LogP contribution is -2.14. The minimum absolute atomic E-state index is 0.0262. The summed E-state index contributed by atoms with van der Waals surface area (Å²) in [4.78, 5) is 14.6. The SMILES string of the molecule is O=C(O)c1ccc(S(=O)(=O)Nc2cc(Cl)ccn2)c(Br)c1. The van der Waals surface area contributed by atoms with Crippen molar-refractivity contribution in [1.29, 1.82) is 0 Å². The highest BCUT2D eigenvalue weighted by molar-refractivity contribution is 9.10. The number of carboxylic acid groups (broad SMARTS) is 1. The highest BCUT2D eigenvalue weighted by Gasteiger charge is 2.19. The number of pyridine rings is 1. The van der Waals surface area contributed by atoms with Crippen molar-refractivity contribution in [3.8, 4) is 0 Å². The van der Waals surface area contributed by atoms with Crippen molar-refractivity contribution in [2.45, 2.75) is 4.90 Å². The van der Waals surface area contributed by atoms with Gasteiger partial charge in [-0.05, 0) is 40.2 Å². The molecule has 1 aromatic heterocycles. The molecule has 0 spiro atoms. The smallest absolute Gasteiger partial charge is 0.335 e. The second-order valence-corrected chi connectivity index (χ2v) is 6.86. The van der Waals surface area contributed by atoms with E-state index in [0.29, 0.717) is 5.02 Å². The van der Waals surface area contributed by atoms with E-state index in [9.17, 15) is 13.2 Å². The summed E-state index contributed by atoms with van der Waals surface area (Å²) < 4.78 is 26.9. The summed E-state index contributed by atoms with van der Waals surface area (Å²) in [6, 6.07) is 6.48. The zero-order valence-corrected chi connectivity index (χ0v) is 13.4. The Balaban J connectivity index is 2.38. The van der Waals surface area contributed by atoms with Gasteiger partial charge in [0.25, 0.3) is 10.0 Å². The van der Waals surface area contributed by atoms with E-state index in [1.54, 1.807) is 0 Å². The molecule has 0 saturated heterocycles. The van der Waals surface area contributed by atoms with Gasteiger partial charge in [0.15, 0.2) is 0 Å². The minimum Gasteiger partial charge on any atom is -0.478 e. The van der Waals surface area contributed by atoms with E-state index >= 15 is 0 Å². The molecule has 0 radical (unpaired) electrons. The first kappa shape index (κ1) is 15.7. The van der Waals surface area contributed by atoms with Gasteiger partial charge in [0.05, 0.1) is 5.56 Å². The summed E-state index contributed by atoms with van der Waals surface area (Å²) in [7, 11) is -3.91. The number of rotatable bonds is 4. The Kier molecular flexibility index (Phi) is 4.50. The van der Waals surface area contributed by atoms with Crippen molar-refractivity contribution in [1.82, 2.24) is 4.98 Å². The fraction of sp³-hybridized carbons (Fsp3) is 0. The number of hydrogen-bond acceptors (Lipinski definition) is 4. The highest BCUT2D eigenvalue weighted by Crippen LogP contribution is 2.25. The molecule has 0 fully saturated rings. The number of carbonyl (C=O) groups is 1. The van der Waals surface area contributed by atoms with Gasteiger partial charge >= 0.3 is 5.97 Å². The fourth-order valence-electron chi connectivity index (χ4n) is 1.51. The predicted molar refractivity (Wildman–Crippen MR) is 81.2 cm³/mol. The lowest BCUT2D eigenvalue weighted by atomic mass is 10.2. The number of benzene rings is 1. The number of aromatic nitrogens is 1. The van der Waals surface area contributed by atoms with Gasteiger partial charge in [-0.2, -0.15) is 0 Å². The third kappa shape index (κ3) is 3.72. The van der Waals surface area contributed by atoms with E-state index < -0.39 is 16.0 Å². The monoisotopic (exact) mass is 390 g/mol. The minimum atomic E-state index is -3.91. The third-order valence-electron chi connectivity index (χ3n) is 2.43. The Morgan fingerprint density at radius 2 is 2.00 bits per heavy atom. The molecule has 110 valence electrons. The van der Waals surface area contributed by atoms with Crippen molar-refractivity contribution in [3.05, 3.63) is 51.6 Å². The lowest BCUT2D eigenvalue weighted by Gasteiger charge is -2.09. The third-order valence-corrected chi connectivity index (χ3v) is 5.00. The first-order chi connectivity index (χ1) is 9.79. The van der Waals surface area contributed by atoms with E-state index in [-0.39, 0.29) is 20.7 Å². The maximum atomic E-state index is 12.2. The van der Waals surface area contributed by atoms with Crippen LogP contribution in [0.2, 0.25) is 5.02 Å². The summed E-state index contributed by atoms with van der Waals surface area (Å²) >= 11 is 8.81. The van der Waals surface area contributed by atoms with Crippen LogP contribution in [0.3, 0.4) is 0 Å². The van der Waals surface area contributed by atoms with Gasteiger partial charge < -0.3 is 5.11 Å². The van der Waals surface area contributed by atoms with Crippen molar-refractivity contribution in [2.75, 3.05) is 4.72 Å². The van der Waals surface area contributed by atoms with Gasteiger partial charge in [-0.3, -0.25) is 4.72 Å². The average molecular weight is 392 g/mol. The van der Waals surface area contributed by atoms with Crippen molar-refractivity contribution < 1.29 is 18.3 Å². The number of nitrogens with one attached hydrogen (secondary N) is 1. The second kappa shape index (κ2) is 6.00. The molecular formula is C12H8BrClN2O4S. The number of halogens is 2. The summed E-state index contributed by atoms with van der Waals surface area (Å²) in [5.41, 5.74) is -0.0262. The summed E-state index contributed by atoms with van der Waals surface area (Å²) in [6.45, 7) is 0. The van der Waals surface area contributed by atoms with Gasteiger partial charge in [-0.25, -0.2) is 18.2 Å². The van der Waals surface area contributed by atoms with E-state index in [2.05, 4.69) is 25.6 Å². The molecule has 0 saturated carbocycles. The van der Waals surface area contributed by atoms with Crippen LogP contribution in [-0.4, -0.2) is 24.5 Å². The van der Waals surface area contributed by atoms with Crippen LogP contribution in [0, 0.1) is 0 Å². The molecule has 0 unspecified atom stereocenters. The zero-order valence-electron chi connectivity index (χ0n) is 10.2. The van der Waals surface area contributed by atoms with Gasteiger partial charge in [0.1, 0.15) is 10.7 Å². The topological polar surface area (TPSA) is 96.4 Å². The molecule has 2 N–H and O–H groups in total. The number of hydrogen-bond donors (Lipinski definition) is 2. The first-order valence-electron chi connectivity index (χ1n) is 5.47. The van der Waals surface area contributed by atoms with Crippen LogP contribution in [0.4, 0.5) is 5.82 Å². The standard InChI is InChI=1S/C12H8BrClN2O4S/c13-9-5-7(12(17)18)1-2-10(9)21(19,20)16-11-6-8(14)3-4-15-11/h1-6H,(H,15,16)(H,17,18). The van der Waals surface area contributed by atoms with E-state index in [0.717, 1.165) is 0 Å². The maximum absolute atomic E-state index is 12.2. The molecular weight excluding hydrogens is 384 g/mol. The Morgan fingerprint density at radius 1 is 1.29 bits per heavy atom. The van der Waals surface area contributed by atoms with Crippen LogP contribution in [0.5, 0.6) is 0 Å². The van der Waals surface area contributed by atoms with Crippen molar-refractivity contribution >= 4 is 49.3 Å². The van der Waals surface area contributed by atoms with Gasteiger partial charge in [-0.15, -0.1) is 0 Å².